The van der Waals surface area contributed by atoms with Gasteiger partial charge in [-0.05, 0) is 18.4 Å². The lowest BCUT2D eigenvalue weighted by Crippen LogP contribution is -2.27. The Morgan fingerprint density at radius 2 is 1.87 bits per heavy atom. The molecule has 1 aromatic carbocycles. The van der Waals surface area contributed by atoms with Gasteiger partial charge in [0.05, 0.1) is 13.2 Å². The van der Waals surface area contributed by atoms with Gasteiger partial charge < -0.3 is 14.6 Å². The van der Waals surface area contributed by atoms with Crippen molar-refractivity contribution >= 4 is 0 Å². The summed E-state index contributed by atoms with van der Waals surface area (Å²) in [6.45, 7) is 1.18. The molecule has 0 bridgehead atoms. The van der Waals surface area contributed by atoms with E-state index in [0.717, 1.165) is 6.42 Å². The van der Waals surface area contributed by atoms with Crippen molar-refractivity contribution in [1.82, 2.24) is 0 Å². The maximum atomic E-state index is 9.76. The van der Waals surface area contributed by atoms with Crippen molar-refractivity contribution in [2.24, 2.45) is 0 Å². The number of ether oxygens (including phenoxy) is 2. The predicted octanol–water partition coefficient (Wildman–Crippen LogP) is 1.35. The predicted molar refractivity (Wildman–Crippen MR) is 56.5 cm³/mol. The summed E-state index contributed by atoms with van der Waals surface area (Å²) in [6, 6.07) is 10.1. The Morgan fingerprint density at radius 1 is 1.20 bits per heavy atom. The van der Waals surface area contributed by atoms with Crippen molar-refractivity contribution in [1.29, 1.82) is 0 Å². The number of aliphatic hydroxyl groups excluding tert-OH is 1. The molecule has 3 heteroatoms. The second kappa shape index (κ2) is 5.26. The molecule has 82 valence electrons. The van der Waals surface area contributed by atoms with E-state index in [4.69, 9.17) is 9.47 Å². The molecule has 0 aliphatic carbocycles. The van der Waals surface area contributed by atoms with Crippen LogP contribution < -0.4 is 0 Å². The summed E-state index contributed by atoms with van der Waals surface area (Å²) in [4.78, 5) is 0. The lowest BCUT2D eigenvalue weighted by atomic mass is 10.1. The van der Waals surface area contributed by atoms with Gasteiger partial charge in [-0.1, -0.05) is 30.3 Å². The SMILES string of the molecule is O[C@H](CCc1ccccc1)C1OCCO1. The van der Waals surface area contributed by atoms with Crippen molar-refractivity contribution in [3.05, 3.63) is 35.9 Å². The van der Waals surface area contributed by atoms with Crippen molar-refractivity contribution in [3.63, 3.8) is 0 Å². The average molecular weight is 208 g/mol. The van der Waals surface area contributed by atoms with Gasteiger partial charge in [-0.25, -0.2) is 0 Å². The Bertz CT molecular complexity index is 280. The maximum absolute atomic E-state index is 9.76. The summed E-state index contributed by atoms with van der Waals surface area (Å²) in [5.74, 6) is 0. The third kappa shape index (κ3) is 3.02. The quantitative estimate of drug-likeness (QED) is 0.811. The number of aliphatic hydroxyl groups is 1. The van der Waals surface area contributed by atoms with Crippen LogP contribution in [0.4, 0.5) is 0 Å². The lowest BCUT2D eigenvalue weighted by molar-refractivity contribution is -0.121. The van der Waals surface area contributed by atoms with Gasteiger partial charge in [0.2, 0.25) is 0 Å². The van der Waals surface area contributed by atoms with Crippen LogP contribution in [-0.2, 0) is 15.9 Å². The molecular weight excluding hydrogens is 192 g/mol. The van der Waals surface area contributed by atoms with Crippen LogP contribution in [0.3, 0.4) is 0 Å². The standard InChI is InChI=1S/C12H16O3/c13-11(12-14-8-9-15-12)7-6-10-4-2-1-3-5-10/h1-5,11-13H,6-9H2/t11-/m1/s1. The molecule has 0 spiro atoms. The molecule has 3 nitrogen and oxygen atoms in total. The van der Waals surface area contributed by atoms with Crippen LogP contribution >= 0.6 is 0 Å². The van der Waals surface area contributed by atoms with E-state index in [1.165, 1.54) is 5.56 Å². The zero-order chi connectivity index (χ0) is 10.5. The molecule has 1 fully saturated rings. The van der Waals surface area contributed by atoms with Crippen molar-refractivity contribution < 1.29 is 14.6 Å². The highest BCUT2D eigenvalue weighted by atomic mass is 16.7. The fourth-order valence-electron chi connectivity index (χ4n) is 1.69. The minimum atomic E-state index is -0.521. The first-order chi connectivity index (χ1) is 7.36. The zero-order valence-electron chi connectivity index (χ0n) is 8.63. The second-order valence-electron chi connectivity index (χ2n) is 3.70. The number of rotatable bonds is 4. The summed E-state index contributed by atoms with van der Waals surface area (Å²) in [7, 11) is 0. The Morgan fingerprint density at radius 3 is 2.53 bits per heavy atom. The average Bonchev–Trinajstić information content (AvgIpc) is 2.81. The minimum absolute atomic E-state index is 0.422. The van der Waals surface area contributed by atoms with Crippen LogP contribution in [-0.4, -0.2) is 30.7 Å². The Hall–Kier alpha value is -0.900. The van der Waals surface area contributed by atoms with E-state index in [-0.39, 0.29) is 0 Å². The van der Waals surface area contributed by atoms with Crippen LogP contribution in [0, 0.1) is 0 Å². The van der Waals surface area contributed by atoms with Crippen LogP contribution in [0.1, 0.15) is 12.0 Å². The summed E-state index contributed by atoms with van der Waals surface area (Å²) < 4.78 is 10.5. The number of benzene rings is 1. The Labute approximate surface area is 89.6 Å². The molecule has 1 aromatic rings. The lowest BCUT2D eigenvalue weighted by Gasteiger charge is -2.16. The molecule has 15 heavy (non-hydrogen) atoms. The van der Waals surface area contributed by atoms with E-state index in [2.05, 4.69) is 12.1 Å². The van der Waals surface area contributed by atoms with E-state index < -0.39 is 12.4 Å². The molecule has 1 atom stereocenters. The first-order valence-electron chi connectivity index (χ1n) is 5.31. The molecule has 0 saturated carbocycles. The van der Waals surface area contributed by atoms with E-state index >= 15 is 0 Å². The fraction of sp³-hybridized carbons (Fsp3) is 0.500. The third-order valence-corrected chi connectivity index (χ3v) is 2.53. The molecule has 0 unspecified atom stereocenters. The summed E-state index contributed by atoms with van der Waals surface area (Å²) in [5, 5.41) is 9.76. The molecular formula is C12H16O3. The molecule has 1 N–H and O–H groups in total. The van der Waals surface area contributed by atoms with Crippen molar-refractivity contribution in [2.75, 3.05) is 13.2 Å². The summed E-state index contributed by atoms with van der Waals surface area (Å²) in [5.41, 5.74) is 1.23. The van der Waals surface area contributed by atoms with Crippen LogP contribution in [0.2, 0.25) is 0 Å². The van der Waals surface area contributed by atoms with Crippen LogP contribution in [0.5, 0.6) is 0 Å². The third-order valence-electron chi connectivity index (χ3n) is 2.53. The topological polar surface area (TPSA) is 38.7 Å². The summed E-state index contributed by atoms with van der Waals surface area (Å²) in [6.07, 6.45) is 0.585. The van der Waals surface area contributed by atoms with E-state index in [0.29, 0.717) is 19.6 Å². The van der Waals surface area contributed by atoms with Crippen LogP contribution in [0.15, 0.2) is 30.3 Å². The molecule has 1 aliphatic heterocycles. The zero-order valence-corrected chi connectivity index (χ0v) is 8.63. The highest BCUT2D eigenvalue weighted by Crippen LogP contribution is 2.13. The van der Waals surface area contributed by atoms with E-state index in [9.17, 15) is 5.11 Å². The Kier molecular flexibility index (Phi) is 3.72. The fourth-order valence-corrected chi connectivity index (χ4v) is 1.69. The molecule has 1 saturated heterocycles. The van der Waals surface area contributed by atoms with E-state index in [1.54, 1.807) is 0 Å². The number of aryl methyl sites for hydroxylation is 1. The van der Waals surface area contributed by atoms with Gasteiger partial charge in [0.15, 0.2) is 6.29 Å². The molecule has 0 amide bonds. The first-order valence-corrected chi connectivity index (χ1v) is 5.31. The van der Waals surface area contributed by atoms with Gasteiger partial charge in [0, 0.05) is 0 Å². The van der Waals surface area contributed by atoms with Gasteiger partial charge in [-0.2, -0.15) is 0 Å². The van der Waals surface area contributed by atoms with E-state index in [1.807, 2.05) is 18.2 Å². The van der Waals surface area contributed by atoms with Crippen molar-refractivity contribution in [2.45, 2.75) is 25.2 Å². The number of hydrogen-bond donors (Lipinski definition) is 1. The molecule has 0 radical (unpaired) electrons. The normalized spacial score (nSPS) is 19.3. The van der Waals surface area contributed by atoms with Gasteiger partial charge in [-0.3, -0.25) is 0 Å². The molecule has 1 heterocycles. The smallest absolute Gasteiger partial charge is 0.183 e. The molecule has 0 aromatic heterocycles. The number of hydrogen-bond acceptors (Lipinski definition) is 3. The van der Waals surface area contributed by atoms with Gasteiger partial charge in [0.25, 0.3) is 0 Å². The van der Waals surface area contributed by atoms with Crippen molar-refractivity contribution in [3.8, 4) is 0 Å². The van der Waals surface area contributed by atoms with Crippen LogP contribution in [0.25, 0.3) is 0 Å². The highest BCUT2D eigenvalue weighted by Gasteiger charge is 2.24. The minimum Gasteiger partial charge on any atom is -0.388 e. The molecule has 2 rings (SSSR count). The second-order valence-corrected chi connectivity index (χ2v) is 3.70. The highest BCUT2D eigenvalue weighted by molar-refractivity contribution is 5.14. The first kappa shape index (κ1) is 10.6. The van der Waals surface area contributed by atoms with Gasteiger partial charge >= 0.3 is 0 Å². The van der Waals surface area contributed by atoms with Gasteiger partial charge in [0.1, 0.15) is 6.10 Å². The largest absolute Gasteiger partial charge is 0.388 e. The maximum Gasteiger partial charge on any atom is 0.183 e. The van der Waals surface area contributed by atoms with Gasteiger partial charge in [-0.15, -0.1) is 0 Å². The Balaban J connectivity index is 1.77. The monoisotopic (exact) mass is 208 g/mol. The molecule has 1 aliphatic rings. The summed E-state index contributed by atoms with van der Waals surface area (Å²) >= 11 is 0.